The molecule has 2 aliphatic rings. The normalized spacial score (nSPS) is 30.2. The average Bonchev–Trinajstić information content (AvgIpc) is 2.96. The van der Waals surface area contributed by atoms with E-state index in [0.717, 1.165) is 19.5 Å². The van der Waals surface area contributed by atoms with Crippen LogP contribution in [0, 0.1) is 18.8 Å². The lowest BCUT2D eigenvalue weighted by atomic mass is 9.78. The summed E-state index contributed by atoms with van der Waals surface area (Å²) >= 11 is 0. The molecular weight excluding hydrogens is 258 g/mol. The van der Waals surface area contributed by atoms with Crippen molar-refractivity contribution in [1.29, 1.82) is 0 Å². The first-order valence-corrected chi connectivity index (χ1v) is 7.19. The van der Waals surface area contributed by atoms with Gasteiger partial charge < -0.3 is 10.2 Å². The minimum absolute atomic E-state index is 0.110. The van der Waals surface area contributed by atoms with Crippen molar-refractivity contribution in [2.75, 3.05) is 25.0 Å². The number of likely N-dealkylation sites (tertiary alicyclic amines) is 1. The molecular formula is C13H21N5O2. The number of hydrogen-bond donors (Lipinski definition) is 2. The van der Waals surface area contributed by atoms with Gasteiger partial charge in [0.25, 0.3) is 0 Å². The SMILES string of the molecule is Cc1nnc(NC(=O)CN2CC3CCCC(N)C3C2)o1. The highest BCUT2D eigenvalue weighted by molar-refractivity contribution is 5.90. The number of fused-ring (bicyclic) bond motifs is 1. The van der Waals surface area contributed by atoms with Crippen molar-refractivity contribution in [3.63, 3.8) is 0 Å². The molecule has 3 unspecified atom stereocenters. The first-order chi connectivity index (χ1) is 9.61. The molecule has 7 nitrogen and oxygen atoms in total. The fraction of sp³-hybridized carbons (Fsp3) is 0.769. The number of hydrogen-bond acceptors (Lipinski definition) is 6. The third-order valence-corrected chi connectivity index (χ3v) is 4.37. The smallest absolute Gasteiger partial charge is 0.322 e. The molecule has 1 aliphatic heterocycles. The number of rotatable bonds is 3. The van der Waals surface area contributed by atoms with Crippen LogP contribution in [0.25, 0.3) is 0 Å². The van der Waals surface area contributed by atoms with Crippen molar-refractivity contribution in [2.24, 2.45) is 17.6 Å². The van der Waals surface area contributed by atoms with E-state index in [2.05, 4.69) is 20.4 Å². The molecule has 3 rings (SSSR count). The molecule has 1 aliphatic carbocycles. The highest BCUT2D eigenvalue weighted by Crippen LogP contribution is 2.35. The van der Waals surface area contributed by atoms with Gasteiger partial charge in [-0.25, -0.2) is 0 Å². The second-order valence-corrected chi connectivity index (χ2v) is 5.89. The van der Waals surface area contributed by atoms with Crippen molar-refractivity contribution in [2.45, 2.75) is 32.2 Å². The predicted molar refractivity (Wildman–Crippen MR) is 72.9 cm³/mol. The Bertz CT molecular complexity index is 489. The number of aromatic nitrogens is 2. The fourth-order valence-electron chi connectivity index (χ4n) is 3.45. The van der Waals surface area contributed by atoms with Crippen LogP contribution in [0.5, 0.6) is 0 Å². The number of carbonyl (C=O) groups is 1. The molecule has 20 heavy (non-hydrogen) atoms. The molecule has 2 heterocycles. The van der Waals surface area contributed by atoms with E-state index in [0.29, 0.717) is 30.3 Å². The summed E-state index contributed by atoms with van der Waals surface area (Å²) in [6.45, 7) is 3.94. The third-order valence-electron chi connectivity index (χ3n) is 4.37. The maximum Gasteiger partial charge on any atom is 0.322 e. The van der Waals surface area contributed by atoms with Crippen LogP contribution in [0.15, 0.2) is 4.42 Å². The Morgan fingerprint density at radius 3 is 3.00 bits per heavy atom. The maximum absolute atomic E-state index is 12.0. The molecule has 1 saturated carbocycles. The highest BCUT2D eigenvalue weighted by Gasteiger charge is 2.39. The van der Waals surface area contributed by atoms with E-state index in [4.69, 9.17) is 10.2 Å². The van der Waals surface area contributed by atoms with Gasteiger partial charge in [0.2, 0.25) is 11.8 Å². The Hall–Kier alpha value is -1.47. The number of aryl methyl sites for hydroxylation is 1. The maximum atomic E-state index is 12.0. The quantitative estimate of drug-likeness (QED) is 0.830. The molecule has 1 amide bonds. The van der Waals surface area contributed by atoms with Gasteiger partial charge in [-0.15, -0.1) is 5.10 Å². The summed E-state index contributed by atoms with van der Waals surface area (Å²) in [5.74, 6) is 1.53. The summed E-state index contributed by atoms with van der Waals surface area (Å²) in [4.78, 5) is 14.1. The van der Waals surface area contributed by atoms with Crippen LogP contribution >= 0.6 is 0 Å². The van der Waals surface area contributed by atoms with Gasteiger partial charge in [-0.1, -0.05) is 11.5 Å². The van der Waals surface area contributed by atoms with Gasteiger partial charge in [-0.3, -0.25) is 15.0 Å². The van der Waals surface area contributed by atoms with Crippen molar-refractivity contribution < 1.29 is 9.21 Å². The summed E-state index contributed by atoms with van der Waals surface area (Å²) in [5.41, 5.74) is 6.18. The topological polar surface area (TPSA) is 97.3 Å². The monoisotopic (exact) mass is 279 g/mol. The fourth-order valence-corrected chi connectivity index (χ4v) is 3.45. The Labute approximate surface area is 117 Å². The zero-order chi connectivity index (χ0) is 14.1. The molecule has 110 valence electrons. The van der Waals surface area contributed by atoms with Gasteiger partial charge in [-0.05, 0) is 24.7 Å². The number of amides is 1. The molecule has 7 heteroatoms. The van der Waals surface area contributed by atoms with Crippen molar-refractivity contribution >= 4 is 11.9 Å². The van der Waals surface area contributed by atoms with Crippen molar-refractivity contribution in [3.8, 4) is 0 Å². The molecule has 1 aromatic rings. The van der Waals surface area contributed by atoms with Crippen LogP contribution in [0.2, 0.25) is 0 Å². The van der Waals surface area contributed by atoms with E-state index in [1.807, 2.05) is 0 Å². The van der Waals surface area contributed by atoms with E-state index < -0.39 is 0 Å². The molecule has 1 aromatic heterocycles. The Kier molecular flexibility index (Phi) is 3.71. The van der Waals surface area contributed by atoms with Crippen molar-refractivity contribution in [3.05, 3.63) is 5.89 Å². The minimum Gasteiger partial charge on any atom is -0.408 e. The lowest BCUT2D eigenvalue weighted by Gasteiger charge is -2.29. The van der Waals surface area contributed by atoms with Gasteiger partial charge in [-0.2, -0.15) is 0 Å². The Morgan fingerprint density at radius 1 is 1.45 bits per heavy atom. The average molecular weight is 279 g/mol. The van der Waals surface area contributed by atoms with Crippen LogP contribution in [0.1, 0.15) is 25.2 Å². The van der Waals surface area contributed by atoms with Gasteiger partial charge >= 0.3 is 6.01 Å². The summed E-state index contributed by atoms with van der Waals surface area (Å²) in [5, 5.41) is 10.1. The van der Waals surface area contributed by atoms with Crippen LogP contribution in [-0.4, -0.2) is 46.7 Å². The zero-order valence-corrected chi connectivity index (χ0v) is 11.7. The van der Waals surface area contributed by atoms with Crippen LogP contribution in [-0.2, 0) is 4.79 Å². The minimum atomic E-state index is -0.110. The van der Waals surface area contributed by atoms with Crippen LogP contribution < -0.4 is 11.1 Å². The van der Waals surface area contributed by atoms with E-state index in [1.165, 1.54) is 12.8 Å². The van der Waals surface area contributed by atoms with E-state index >= 15 is 0 Å². The lowest BCUT2D eigenvalue weighted by Crippen LogP contribution is -2.38. The predicted octanol–water partition coefficient (Wildman–Crippen LogP) is 0.376. The second-order valence-electron chi connectivity index (χ2n) is 5.89. The first kappa shape index (κ1) is 13.5. The highest BCUT2D eigenvalue weighted by atomic mass is 16.4. The van der Waals surface area contributed by atoms with E-state index in [-0.39, 0.29) is 11.9 Å². The van der Waals surface area contributed by atoms with Gasteiger partial charge in [0.15, 0.2) is 0 Å². The molecule has 0 radical (unpaired) electrons. The number of carbonyl (C=O) groups excluding carboxylic acids is 1. The lowest BCUT2D eigenvalue weighted by molar-refractivity contribution is -0.117. The first-order valence-electron chi connectivity index (χ1n) is 7.19. The molecule has 0 spiro atoms. The summed E-state index contributed by atoms with van der Waals surface area (Å²) < 4.78 is 5.14. The number of nitrogens with one attached hydrogen (secondary N) is 1. The number of nitrogens with two attached hydrogens (primary N) is 1. The molecule has 2 fully saturated rings. The molecule has 3 atom stereocenters. The second kappa shape index (κ2) is 5.49. The summed E-state index contributed by atoms with van der Waals surface area (Å²) in [6.07, 6.45) is 3.56. The third kappa shape index (κ3) is 2.83. The van der Waals surface area contributed by atoms with E-state index in [1.54, 1.807) is 6.92 Å². The molecule has 3 N–H and O–H groups in total. The molecule has 0 bridgehead atoms. The van der Waals surface area contributed by atoms with Gasteiger partial charge in [0, 0.05) is 26.1 Å². The van der Waals surface area contributed by atoms with Crippen LogP contribution in [0.4, 0.5) is 6.01 Å². The summed E-state index contributed by atoms with van der Waals surface area (Å²) in [6, 6.07) is 0.459. The largest absolute Gasteiger partial charge is 0.408 e. The van der Waals surface area contributed by atoms with E-state index in [9.17, 15) is 4.79 Å². The molecule has 1 saturated heterocycles. The van der Waals surface area contributed by atoms with Gasteiger partial charge in [0.05, 0.1) is 6.54 Å². The van der Waals surface area contributed by atoms with Crippen LogP contribution in [0.3, 0.4) is 0 Å². The number of nitrogens with zero attached hydrogens (tertiary/aromatic N) is 3. The molecule has 0 aromatic carbocycles. The summed E-state index contributed by atoms with van der Waals surface area (Å²) in [7, 11) is 0. The zero-order valence-electron chi connectivity index (χ0n) is 11.7. The van der Waals surface area contributed by atoms with Gasteiger partial charge in [0.1, 0.15) is 0 Å². The Balaban J connectivity index is 1.52. The standard InChI is InChI=1S/C13H21N5O2/c1-8-16-17-13(20-8)15-12(19)7-18-5-9-3-2-4-11(14)10(9)6-18/h9-11H,2-7,14H2,1H3,(H,15,17,19). The Morgan fingerprint density at radius 2 is 2.30 bits per heavy atom. The van der Waals surface area contributed by atoms with Crippen molar-refractivity contribution in [1.82, 2.24) is 15.1 Å². The number of anilines is 1.